The summed E-state index contributed by atoms with van der Waals surface area (Å²) in [5.41, 5.74) is 2.77. The van der Waals surface area contributed by atoms with Gasteiger partial charge in [-0.2, -0.15) is 0 Å². The number of nitrogens with zero attached hydrogens (tertiary/aromatic N) is 3. The van der Waals surface area contributed by atoms with Crippen molar-refractivity contribution in [3.8, 4) is 17.2 Å². The van der Waals surface area contributed by atoms with Gasteiger partial charge in [-0.25, -0.2) is 4.98 Å². The molecule has 8 heteroatoms. The third kappa shape index (κ3) is 3.77. The van der Waals surface area contributed by atoms with E-state index in [0.29, 0.717) is 23.8 Å². The third-order valence-corrected chi connectivity index (χ3v) is 5.53. The molecule has 0 aliphatic heterocycles. The summed E-state index contributed by atoms with van der Waals surface area (Å²) in [6.07, 6.45) is 2.30. The summed E-state index contributed by atoms with van der Waals surface area (Å²) in [6.45, 7) is 4.52. The van der Waals surface area contributed by atoms with Gasteiger partial charge >= 0.3 is 0 Å². The van der Waals surface area contributed by atoms with Gasteiger partial charge in [-0.15, -0.1) is 11.3 Å². The first-order valence-corrected chi connectivity index (χ1v) is 9.66. The molecule has 2 heterocycles. The quantitative estimate of drug-likeness (QED) is 0.606. The van der Waals surface area contributed by atoms with Crippen LogP contribution >= 0.6 is 11.3 Å². The predicted octanol–water partition coefficient (Wildman–Crippen LogP) is 3.24. The van der Waals surface area contributed by atoms with Crippen LogP contribution in [0.3, 0.4) is 0 Å². The molecule has 0 spiro atoms. The number of aryl methyl sites for hydroxylation is 2. The number of aromatic nitrogens is 2. The van der Waals surface area contributed by atoms with Gasteiger partial charge < -0.3 is 19.1 Å². The highest BCUT2D eigenvalue weighted by Gasteiger charge is 2.19. The summed E-state index contributed by atoms with van der Waals surface area (Å²) >= 11 is 1.65. The second-order valence-corrected chi connectivity index (χ2v) is 7.81. The highest BCUT2D eigenvalue weighted by atomic mass is 32.1. The minimum absolute atomic E-state index is 0.00410. The predicted molar refractivity (Wildman–Crippen MR) is 109 cm³/mol. The van der Waals surface area contributed by atoms with Crippen LogP contribution in [0.1, 0.15) is 21.8 Å². The van der Waals surface area contributed by atoms with Gasteiger partial charge in [-0.05, 0) is 31.5 Å². The van der Waals surface area contributed by atoms with Crippen LogP contribution in [0.4, 0.5) is 0 Å². The van der Waals surface area contributed by atoms with E-state index in [9.17, 15) is 4.79 Å². The van der Waals surface area contributed by atoms with Crippen molar-refractivity contribution >= 4 is 22.2 Å². The van der Waals surface area contributed by atoms with Crippen molar-refractivity contribution in [1.29, 1.82) is 0 Å². The Kier molecular flexibility index (Phi) is 5.79. The van der Waals surface area contributed by atoms with E-state index in [2.05, 4.69) is 22.5 Å². The zero-order valence-electron chi connectivity index (χ0n) is 17.0. The Bertz CT molecular complexity index is 983. The third-order valence-electron chi connectivity index (χ3n) is 4.63. The van der Waals surface area contributed by atoms with Crippen LogP contribution in [-0.2, 0) is 17.8 Å². The number of carbonyl (C=O) groups is 1. The van der Waals surface area contributed by atoms with Gasteiger partial charge in [0.25, 0.3) is 0 Å². The van der Waals surface area contributed by atoms with Gasteiger partial charge in [-0.3, -0.25) is 9.20 Å². The van der Waals surface area contributed by atoms with Crippen molar-refractivity contribution in [3.63, 3.8) is 0 Å². The van der Waals surface area contributed by atoms with E-state index in [-0.39, 0.29) is 12.3 Å². The minimum atomic E-state index is -0.00410. The van der Waals surface area contributed by atoms with Gasteiger partial charge in [0.05, 0.1) is 45.7 Å². The number of hydrogen-bond donors (Lipinski definition) is 0. The van der Waals surface area contributed by atoms with Crippen LogP contribution in [0.2, 0.25) is 0 Å². The molecule has 1 amide bonds. The fraction of sp³-hybridized carbons (Fsp3) is 0.400. The van der Waals surface area contributed by atoms with Crippen LogP contribution in [0.25, 0.3) is 4.96 Å². The molecule has 0 aliphatic rings. The zero-order valence-corrected chi connectivity index (χ0v) is 17.8. The number of benzene rings is 1. The maximum Gasteiger partial charge on any atom is 0.227 e. The van der Waals surface area contributed by atoms with E-state index in [1.807, 2.05) is 6.92 Å². The van der Waals surface area contributed by atoms with Crippen LogP contribution < -0.4 is 14.2 Å². The number of amides is 1. The number of thiazole rings is 1. The summed E-state index contributed by atoms with van der Waals surface area (Å²) in [4.78, 5) is 21.3. The van der Waals surface area contributed by atoms with Crippen molar-refractivity contribution in [3.05, 3.63) is 40.2 Å². The van der Waals surface area contributed by atoms with Crippen molar-refractivity contribution in [2.24, 2.45) is 0 Å². The monoisotopic (exact) mass is 403 g/mol. The van der Waals surface area contributed by atoms with Crippen molar-refractivity contribution < 1.29 is 19.0 Å². The first kappa shape index (κ1) is 20.0. The molecule has 28 heavy (non-hydrogen) atoms. The van der Waals surface area contributed by atoms with E-state index in [4.69, 9.17) is 14.2 Å². The minimum Gasteiger partial charge on any atom is -0.493 e. The molecule has 0 unspecified atom stereocenters. The lowest BCUT2D eigenvalue weighted by Gasteiger charge is -2.18. The Morgan fingerprint density at radius 3 is 2.36 bits per heavy atom. The second-order valence-electron chi connectivity index (χ2n) is 6.60. The van der Waals surface area contributed by atoms with Crippen molar-refractivity contribution in [1.82, 2.24) is 14.3 Å². The first-order valence-electron chi connectivity index (χ1n) is 8.84. The van der Waals surface area contributed by atoms with Crippen LogP contribution in [0, 0.1) is 13.8 Å². The number of methoxy groups -OCH3 is 3. The number of fused-ring (bicyclic) bond motifs is 1. The number of carbonyl (C=O) groups excluding carboxylic acids is 1. The molecule has 7 nitrogen and oxygen atoms in total. The number of likely N-dealkylation sites (N-methyl/N-ethyl adjacent to an activating group) is 1. The van der Waals surface area contributed by atoms with Crippen LogP contribution in [-0.4, -0.2) is 48.6 Å². The molecular formula is C20H25N3O4S. The van der Waals surface area contributed by atoms with Crippen molar-refractivity contribution in [2.45, 2.75) is 26.8 Å². The smallest absolute Gasteiger partial charge is 0.227 e. The lowest BCUT2D eigenvalue weighted by atomic mass is 10.1. The molecule has 3 aromatic rings. The topological polar surface area (TPSA) is 65.3 Å². The normalized spacial score (nSPS) is 10.9. The maximum absolute atomic E-state index is 12.8. The molecule has 1 aromatic carbocycles. The highest BCUT2D eigenvalue weighted by Crippen LogP contribution is 2.38. The fourth-order valence-corrected chi connectivity index (χ4v) is 4.05. The molecule has 0 saturated carbocycles. The van der Waals surface area contributed by atoms with Gasteiger partial charge in [0.15, 0.2) is 16.5 Å². The molecule has 2 aromatic heterocycles. The van der Waals surface area contributed by atoms with Crippen LogP contribution in [0.15, 0.2) is 18.3 Å². The van der Waals surface area contributed by atoms with Crippen molar-refractivity contribution in [2.75, 3.05) is 28.4 Å². The average Bonchev–Trinajstić information content (AvgIpc) is 3.16. The van der Waals surface area contributed by atoms with Gasteiger partial charge in [-0.1, -0.05) is 0 Å². The van der Waals surface area contributed by atoms with E-state index in [1.165, 1.54) is 4.88 Å². The Morgan fingerprint density at radius 1 is 1.14 bits per heavy atom. The number of ether oxygens (including phenoxy) is 3. The van der Waals surface area contributed by atoms with Crippen LogP contribution in [0.5, 0.6) is 17.2 Å². The Hall–Kier alpha value is -2.74. The Balaban J connectivity index is 1.79. The Morgan fingerprint density at radius 2 is 1.79 bits per heavy atom. The molecule has 0 saturated heterocycles. The van der Waals surface area contributed by atoms with Gasteiger partial charge in [0.2, 0.25) is 11.7 Å². The van der Waals surface area contributed by atoms with E-state index in [1.54, 1.807) is 56.7 Å². The molecule has 3 rings (SSSR count). The molecule has 0 N–H and O–H groups in total. The average molecular weight is 404 g/mol. The molecule has 150 valence electrons. The summed E-state index contributed by atoms with van der Waals surface area (Å²) < 4.78 is 18.2. The largest absolute Gasteiger partial charge is 0.493 e. The molecule has 0 bridgehead atoms. The molecule has 0 fully saturated rings. The van der Waals surface area contributed by atoms with E-state index in [0.717, 1.165) is 21.9 Å². The fourth-order valence-electron chi connectivity index (χ4n) is 3.16. The van der Waals surface area contributed by atoms with Gasteiger partial charge in [0.1, 0.15) is 0 Å². The summed E-state index contributed by atoms with van der Waals surface area (Å²) in [7, 11) is 6.48. The first-order chi connectivity index (χ1) is 13.4. The number of rotatable bonds is 7. The molecule has 0 atom stereocenters. The van der Waals surface area contributed by atoms with E-state index < -0.39 is 0 Å². The molecule has 0 radical (unpaired) electrons. The van der Waals surface area contributed by atoms with Gasteiger partial charge in [0, 0.05) is 18.1 Å². The van der Waals surface area contributed by atoms with E-state index >= 15 is 0 Å². The summed E-state index contributed by atoms with van der Waals surface area (Å²) in [5.74, 6) is 1.58. The Labute approximate surface area is 168 Å². The zero-order chi connectivity index (χ0) is 20.4. The SMILES string of the molecule is COc1cc(CC(=O)N(C)Cc2c(C)nc3sc(C)cn23)cc(OC)c1OC. The number of hydrogen-bond acceptors (Lipinski definition) is 6. The lowest BCUT2D eigenvalue weighted by Crippen LogP contribution is -2.28. The highest BCUT2D eigenvalue weighted by molar-refractivity contribution is 7.17. The summed E-state index contributed by atoms with van der Waals surface area (Å²) in [5, 5.41) is 0. The molecular weight excluding hydrogens is 378 g/mol. The maximum atomic E-state index is 12.8. The second kappa shape index (κ2) is 8.10. The lowest BCUT2D eigenvalue weighted by molar-refractivity contribution is -0.129. The standard InChI is InChI=1S/C20H25N3O4S/c1-12-10-23-15(13(2)21-20(23)28-12)11-22(3)18(24)9-14-7-16(25-4)19(27-6)17(8-14)26-5/h7-8,10H,9,11H2,1-6H3. The molecule has 0 aliphatic carbocycles. The number of imidazole rings is 1. The summed E-state index contributed by atoms with van der Waals surface area (Å²) in [6, 6.07) is 3.61.